The summed E-state index contributed by atoms with van der Waals surface area (Å²) in [6.45, 7) is 0.360. The van der Waals surface area contributed by atoms with E-state index in [-0.39, 0.29) is 25.3 Å². The van der Waals surface area contributed by atoms with Crippen molar-refractivity contribution in [2.75, 3.05) is 19.1 Å². The van der Waals surface area contributed by atoms with Gasteiger partial charge in [0.1, 0.15) is 11.6 Å². The Balaban J connectivity index is 2.20. The summed E-state index contributed by atoms with van der Waals surface area (Å²) in [6, 6.07) is 3.09. The highest BCUT2D eigenvalue weighted by Crippen LogP contribution is 2.16. The SMILES string of the molecule is O=S1(=O)COCCN1Cc1ccc(F)cc1F. The van der Waals surface area contributed by atoms with E-state index in [0.29, 0.717) is 0 Å². The van der Waals surface area contributed by atoms with Gasteiger partial charge in [-0.05, 0) is 6.07 Å². The van der Waals surface area contributed by atoms with Crippen LogP contribution in [-0.4, -0.2) is 31.8 Å². The van der Waals surface area contributed by atoms with Crippen molar-refractivity contribution < 1.29 is 21.9 Å². The molecule has 1 fully saturated rings. The van der Waals surface area contributed by atoms with Gasteiger partial charge in [-0.15, -0.1) is 0 Å². The minimum absolute atomic E-state index is 0.0994. The average molecular weight is 263 g/mol. The van der Waals surface area contributed by atoms with Crippen molar-refractivity contribution in [1.82, 2.24) is 4.31 Å². The monoisotopic (exact) mass is 263 g/mol. The van der Waals surface area contributed by atoms with Crippen LogP contribution in [0.3, 0.4) is 0 Å². The molecule has 0 unspecified atom stereocenters. The molecule has 0 amide bonds. The maximum absolute atomic E-state index is 13.4. The maximum atomic E-state index is 13.4. The molecule has 1 saturated heterocycles. The molecule has 0 bridgehead atoms. The summed E-state index contributed by atoms with van der Waals surface area (Å²) in [7, 11) is -3.50. The zero-order chi connectivity index (χ0) is 12.5. The first-order chi connectivity index (χ1) is 7.99. The van der Waals surface area contributed by atoms with Gasteiger partial charge in [-0.2, -0.15) is 4.31 Å². The molecular weight excluding hydrogens is 252 g/mol. The molecule has 0 saturated carbocycles. The molecule has 94 valence electrons. The molecule has 0 aromatic heterocycles. The van der Waals surface area contributed by atoms with Gasteiger partial charge in [0.2, 0.25) is 10.0 Å². The zero-order valence-corrected chi connectivity index (χ0v) is 9.71. The van der Waals surface area contributed by atoms with Gasteiger partial charge >= 0.3 is 0 Å². The first kappa shape index (κ1) is 12.4. The van der Waals surface area contributed by atoms with E-state index < -0.39 is 27.6 Å². The minimum atomic E-state index is -3.50. The van der Waals surface area contributed by atoms with Crippen molar-refractivity contribution in [3.8, 4) is 0 Å². The molecular formula is C10H11F2NO3S. The van der Waals surface area contributed by atoms with Crippen LogP contribution in [0.2, 0.25) is 0 Å². The lowest BCUT2D eigenvalue weighted by Gasteiger charge is -2.26. The van der Waals surface area contributed by atoms with Crippen molar-refractivity contribution in [2.45, 2.75) is 6.54 Å². The van der Waals surface area contributed by atoms with Gasteiger partial charge in [-0.1, -0.05) is 6.07 Å². The van der Waals surface area contributed by atoms with Crippen molar-refractivity contribution in [3.63, 3.8) is 0 Å². The van der Waals surface area contributed by atoms with Gasteiger partial charge in [0.05, 0.1) is 6.61 Å². The maximum Gasteiger partial charge on any atom is 0.238 e. The highest BCUT2D eigenvalue weighted by atomic mass is 32.2. The Morgan fingerprint density at radius 2 is 2.12 bits per heavy atom. The molecule has 1 heterocycles. The molecule has 4 nitrogen and oxygen atoms in total. The molecule has 0 spiro atoms. The summed E-state index contributed by atoms with van der Waals surface area (Å²) in [5, 5.41) is 0. The van der Waals surface area contributed by atoms with Crippen molar-refractivity contribution >= 4 is 10.0 Å². The Morgan fingerprint density at radius 1 is 1.35 bits per heavy atom. The van der Waals surface area contributed by atoms with Gasteiger partial charge < -0.3 is 4.74 Å². The first-order valence-electron chi connectivity index (χ1n) is 4.98. The molecule has 1 aliphatic heterocycles. The van der Waals surface area contributed by atoms with Gasteiger partial charge in [-0.3, -0.25) is 0 Å². The third-order valence-electron chi connectivity index (χ3n) is 2.47. The smallest absolute Gasteiger partial charge is 0.238 e. The predicted octanol–water partition coefficient (Wildman–Crippen LogP) is 1.08. The van der Waals surface area contributed by atoms with Crippen LogP contribution < -0.4 is 0 Å². The topological polar surface area (TPSA) is 46.6 Å². The van der Waals surface area contributed by atoms with E-state index in [2.05, 4.69) is 0 Å². The lowest BCUT2D eigenvalue weighted by atomic mass is 10.2. The predicted molar refractivity (Wildman–Crippen MR) is 56.5 cm³/mol. The number of hydrogen-bond donors (Lipinski definition) is 0. The van der Waals surface area contributed by atoms with E-state index in [1.807, 2.05) is 0 Å². The fraction of sp³-hybridized carbons (Fsp3) is 0.400. The van der Waals surface area contributed by atoms with Gasteiger partial charge in [0.15, 0.2) is 5.94 Å². The molecule has 0 atom stereocenters. The number of halogens is 2. The summed E-state index contributed by atoms with van der Waals surface area (Å²) in [5.41, 5.74) is 0.150. The second-order valence-electron chi connectivity index (χ2n) is 3.71. The Bertz CT molecular complexity index is 518. The standard InChI is InChI=1S/C10H11F2NO3S/c11-9-2-1-8(10(12)5-9)6-13-3-4-16-7-17(13,14)15/h1-2,5H,3-4,6-7H2. The second kappa shape index (κ2) is 4.67. The minimum Gasteiger partial charge on any atom is -0.363 e. The summed E-state index contributed by atoms with van der Waals surface area (Å²) in [4.78, 5) is 0. The van der Waals surface area contributed by atoms with Gasteiger partial charge in [0.25, 0.3) is 0 Å². The molecule has 17 heavy (non-hydrogen) atoms. The number of hydrogen-bond acceptors (Lipinski definition) is 3. The van der Waals surface area contributed by atoms with E-state index in [9.17, 15) is 17.2 Å². The third-order valence-corrected chi connectivity index (χ3v) is 4.04. The van der Waals surface area contributed by atoms with E-state index in [1.54, 1.807) is 0 Å². The molecule has 2 rings (SSSR count). The van der Waals surface area contributed by atoms with Crippen molar-refractivity contribution in [2.24, 2.45) is 0 Å². The van der Waals surface area contributed by atoms with E-state index >= 15 is 0 Å². The van der Waals surface area contributed by atoms with E-state index in [0.717, 1.165) is 16.4 Å². The fourth-order valence-electron chi connectivity index (χ4n) is 1.56. The Labute approximate surface area is 97.9 Å². The number of ether oxygens (including phenoxy) is 1. The highest BCUT2D eigenvalue weighted by molar-refractivity contribution is 7.88. The number of nitrogens with zero attached hydrogens (tertiary/aromatic N) is 1. The zero-order valence-electron chi connectivity index (χ0n) is 8.90. The summed E-state index contributed by atoms with van der Waals surface area (Å²) < 4.78 is 55.1. The van der Waals surface area contributed by atoms with Crippen LogP contribution in [0.5, 0.6) is 0 Å². The molecule has 0 N–H and O–H groups in total. The number of rotatable bonds is 2. The lowest BCUT2D eigenvalue weighted by molar-refractivity contribution is 0.130. The average Bonchev–Trinajstić information content (AvgIpc) is 2.24. The second-order valence-corrected chi connectivity index (χ2v) is 5.62. The quantitative estimate of drug-likeness (QED) is 0.802. The molecule has 1 aliphatic rings. The summed E-state index contributed by atoms with van der Waals surface area (Å²) in [6.07, 6.45) is 0. The Hall–Kier alpha value is -1.05. The summed E-state index contributed by atoms with van der Waals surface area (Å²) >= 11 is 0. The van der Waals surface area contributed by atoms with E-state index in [1.165, 1.54) is 6.07 Å². The summed E-state index contributed by atoms with van der Waals surface area (Å²) in [5.74, 6) is -1.82. The fourth-order valence-corrected chi connectivity index (χ4v) is 2.73. The molecule has 7 heteroatoms. The van der Waals surface area contributed by atoms with Crippen LogP contribution in [0.25, 0.3) is 0 Å². The lowest BCUT2D eigenvalue weighted by Crippen LogP contribution is -2.40. The highest BCUT2D eigenvalue weighted by Gasteiger charge is 2.27. The Morgan fingerprint density at radius 3 is 2.76 bits per heavy atom. The molecule has 1 aromatic rings. The first-order valence-corrected chi connectivity index (χ1v) is 6.59. The van der Waals surface area contributed by atoms with Gasteiger partial charge in [0, 0.05) is 24.7 Å². The van der Waals surface area contributed by atoms with Crippen LogP contribution in [0.1, 0.15) is 5.56 Å². The molecule has 1 aromatic carbocycles. The Kier molecular flexibility index (Phi) is 3.41. The van der Waals surface area contributed by atoms with E-state index in [4.69, 9.17) is 4.74 Å². The van der Waals surface area contributed by atoms with Crippen LogP contribution >= 0.6 is 0 Å². The van der Waals surface area contributed by atoms with Gasteiger partial charge in [-0.25, -0.2) is 17.2 Å². The number of benzene rings is 1. The molecule has 0 radical (unpaired) electrons. The van der Waals surface area contributed by atoms with Crippen LogP contribution in [0.15, 0.2) is 18.2 Å². The largest absolute Gasteiger partial charge is 0.363 e. The van der Waals surface area contributed by atoms with Crippen LogP contribution in [0, 0.1) is 11.6 Å². The van der Waals surface area contributed by atoms with Crippen LogP contribution in [-0.2, 0) is 21.3 Å². The van der Waals surface area contributed by atoms with Crippen LogP contribution in [0.4, 0.5) is 8.78 Å². The third kappa shape index (κ3) is 2.80. The van der Waals surface area contributed by atoms with Crippen molar-refractivity contribution in [3.05, 3.63) is 35.4 Å². The van der Waals surface area contributed by atoms with Crippen molar-refractivity contribution in [1.29, 1.82) is 0 Å². The molecule has 0 aliphatic carbocycles. The number of sulfonamides is 1. The normalized spacial score (nSPS) is 20.4.